The Morgan fingerprint density at radius 2 is 1.41 bits per heavy atom. The maximum Gasteiger partial charge on any atom is 0.257 e. The summed E-state index contributed by atoms with van der Waals surface area (Å²) < 4.78 is 6.39. The van der Waals surface area contributed by atoms with Gasteiger partial charge in [0.2, 0.25) is 0 Å². The molecule has 1 aliphatic rings. The third kappa shape index (κ3) is 4.39. The molecule has 4 rings (SSSR count). The van der Waals surface area contributed by atoms with Gasteiger partial charge in [0.15, 0.2) is 6.10 Å². The number of carbonyl (C=O) groups is 2. The molecule has 5 nitrogen and oxygen atoms in total. The van der Waals surface area contributed by atoms with E-state index in [9.17, 15) is 9.59 Å². The van der Waals surface area contributed by atoms with E-state index in [0.717, 1.165) is 11.1 Å². The number of morpholine rings is 1. The lowest BCUT2D eigenvalue weighted by Crippen LogP contribution is -2.47. The molecule has 32 heavy (non-hydrogen) atoms. The Hall–Kier alpha value is -3.17. The molecular weight excluding hydrogens is 447 g/mol. The van der Waals surface area contributed by atoms with Gasteiger partial charge in [-0.05, 0) is 53.1 Å². The van der Waals surface area contributed by atoms with Gasteiger partial charge in [0.1, 0.15) is 12.4 Å². The molecule has 3 atom stereocenters. The van der Waals surface area contributed by atoms with E-state index in [1.54, 1.807) is 48.5 Å². The van der Waals surface area contributed by atoms with Crippen LogP contribution in [0.5, 0.6) is 0 Å². The highest BCUT2D eigenvalue weighted by Crippen LogP contribution is 2.46. The molecule has 7 heteroatoms. The Balaban J connectivity index is 1.82. The number of halogens is 2. The summed E-state index contributed by atoms with van der Waals surface area (Å²) >= 11 is 12.2. The largest absolute Gasteiger partial charge is 0.353 e. The first-order valence-electron chi connectivity index (χ1n) is 9.92. The van der Waals surface area contributed by atoms with Crippen LogP contribution in [0.15, 0.2) is 72.8 Å². The van der Waals surface area contributed by atoms with Crippen LogP contribution in [0.2, 0.25) is 10.0 Å². The molecule has 0 aromatic heterocycles. The van der Waals surface area contributed by atoms with Gasteiger partial charge in [-0.3, -0.25) is 4.79 Å². The Bertz CT molecular complexity index is 1160. The third-order valence-electron chi connectivity index (χ3n) is 5.44. The molecule has 3 aromatic carbocycles. The number of ether oxygens (including phenoxy) is 1. The van der Waals surface area contributed by atoms with Gasteiger partial charge in [-0.2, -0.15) is 5.26 Å². The quantitative estimate of drug-likeness (QED) is 0.470. The van der Waals surface area contributed by atoms with E-state index in [1.807, 2.05) is 24.3 Å². The van der Waals surface area contributed by atoms with Crippen LogP contribution in [0, 0.1) is 11.3 Å². The number of nitrogens with zero attached hydrogens (tertiary/aromatic N) is 2. The fourth-order valence-electron chi connectivity index (χ4n) is 3.90. The van der Waals surface area contributed by atoms with Crippen LogP contribution in [0.3, 0.4) is 0 Å². The standard InChI is InChI=1S/C25H18Cl2N2O3/c26-20-9-5-17(6-10-20)22-23(18-7-11-21(27)12-8-18)32-24(25(31)29(22)13-14-30)19-3-1-16(15-28)2-4-19/h1-12,14,22-24H,13H2. The van der Waals surface area contributed by atoms with Gasteiger partial charge < -0.3 is 14.4 Å². The maximum absolute atomic E-state index is 13.5. The van der Waals surface area contributed by atoms with Crippen LogP contribution in [0.1, 0.15) is 40.5 Å². The zero-order chi connectivity index (χ0) is 22.7. The number of hydrogen-bond donors (Lipinski definition) is 0. The second-order valence-electron chi connectivity index (χ2n) is 7.38. The summed E-state index contributed by atoms with van der Waals surface area (Å²) in [4.78, 5) is 26.6. The summed E-state index contributed by atoms with van der Waals surface area (Å²) in [7, 11) is 0. The van der Waals surface area contributed by atoms with Crippen molar-refractivity contribution < 1.29 is 14.3 Å². The van der Waals surface area contributed by atoms with Gasteiger partial charge in [0.25, 0.3) is 5.91 Å². The molecule has 160 valence electrons. The van der Waals surface area contributed by atoms with Gasteiger partial charge in [-0.15, -0.1) is 0 Å². The Morgan fingerprint density at radius 3 is 1.94 bits per heavy atom. The van der Waals surface area contributed by atoms with E-state index in [1.165, 1.54) is 4.90 Å². The van der Waals surface area contributed by atoms with Crippen LogP contribution >= 0.6 is 23.2 Å². The zero-order valence-electron chi connectivity index (χ0n) is 16.8. The summed E-state index contributed by atoms with van der Waals surface area (Å²) in [6.07, 6.45) is -0.778. The van der Waals surface area contributed by atoms with Crippen molar-refractivity contribution >= 4 is 35.4 Å². The van der Waals surface area contributed by atoms with Crippen molar-refractivity contribution in [3.63, 3.8) is 0 Å². The molecule has 1 amide bonds. The van der Waals surface area contributed by atoms with Crippen LogP contribution in [-0.4, -0.2) is 23.6 Å². The lowest BCUT2D eigenvalue weighted by Gasteiger charge is -2.44. The fourth-order valence-corrected chi connectivity index (χ4v) is 4.15. The number of benzene rings is 3. The first-order chi connectivity index (χ1) is 15.5. The van der Waals surface area contributed by atoms with E-state index >= 15 is 0 Å². The highest BCUT2D eigenvalue weighted by Gasteiger charge is 2.44. The molecular formula is C25H18Cl2N2O3. The SMILES string of the molecule is N#Cc1ccc(C2OC(c3ccc(Cl)cc3)C(c3ccc(Cl)cc3)N(CC=O)C2=O)cc1. The van der Waals surface area contributed by atoms with Crippen molar-refractivity contribution in [1.29, 1.82) is 5.26 Å². The first-order valence-corrected chi connectivity index (χ1v) is 10.7. The van der Waals surface area contributed by atoms with Crippen molar-refractivity contribution in [3.8, 4) is 6.07 Å². The Labute approximate surface area is 195 Å². The molecule has 1 aliphatic heterocycles. The van der Waals surface area contributed by atoms with Crippen molar-refractivity contribution in [2.45, 2.75) is 18.2 Å². The van der Waals surface area contributed by atoms with Crippen molar-refractivity contribution in [3.05, 3.63) is 105 Å². The molecule has 0 spiro atoms. The minimum Gasteiger partial charge on any atom is -0.353 e. The van der Waals surface area contributed by atoms with E-state index in [4.69, 9.17) is 33.2 Å². The van der Waals surface area contributed by atoms with Gasteiger partial charge in [0.05, 0.1) is 24.2 Å². The predicted octanol–water partition coefficient (Wildman–Crippen LogP) is 5.45. The molecule has 0 radical (unpaired) electrons. The van der Waals surface area contributed by atoms with Gasteiger partial charge in [0, 0.05) is 10.0 Å². The van der Waals surface area contributed by atoms with Crippen LogP contribution in [-0.2, 0) is 14.3 Å². The fraction of sp³-hybridized carbons (Fsp3) is 0.160. The monoisotopic (exact) mass is 464 g/mol. The summed E-state index contributed by atoms with van der Waals surface area (Å²) in [5, 5.41) is 10.2. The number of aldehydes is 1. The predicted molar refractivity (Wildman–Crippen MR) is 121 cm³/mol. The molecule has 1 fully saturated rings. The van der Waals surface area contributed by atoms with E-state index in [2.05, 4.69) is 6.07 Å². The number of nitriles is 1. The normalized spacial score (nSPS) is 20.6. The highest BCUT2D eigenvalue weighted by atomic mass is 35.5. The lowest BCUT2D eigenvalue weighted by molar-refractivity contribution is -0.175. The van der Waals surface area contributed by atoms with E-state index < -0.39 is 18.2 Å². The Morgan fingerprint density at radius 1 is 0.875 bits per heavy atom. The van der Waals surface area contributed by atoms with Crippen LogP contribution < -0.4 is 0 Å². The van der Waals surface area contributed by atoms with Gasteiger partial charge in [-0.1, -0.05) is 59.6 Å². The average Bonchev–Trinajstić information content (AvgIpc) is 2.82. The number of rotatable bonds is 5. The maximum atomic E-state index is 13.5. The average molecular weight is 465 g/mol. The second-order valence-corrected chi connectivity index (χ2v) is 8.25. The first kappa shape index (κ1) is 22.0. The number of amides is 1. The summed E-state index contributed by atoms with van der Waals surface area (Å²) in [6.45, 7) is -0.0909. The van der Waals surface area contributed by atoms with Crippen molar-refractivity contribution in [1.82, 2.24) is 4.90 Å². The molecule has 0 bridgehead atoms. The molecule has 0 N–H and O–H groups in total. The minimum atomic E-state index is -0.924. The molecule has 0 saturated carbocycles. The summed E-state index contributed by atoms with van der Waals surface area (Å²) in [5.41, 5.74) is 2.70. The van der Waals surface area contributed by atoms with Crippen LogP contribution in [0.4, 0.5) is 0 Å². The summed E-state index contributed by atoms with van der Waals surface area (Å²) in [6, 6.07) is 22.5. The Kier molecular flexibility index (Phi) is 6.57. The summed E-state index contributed by atoms with van der Waals surface area (Å²) in [5.74, 6) is -0.327. The van der Waals surface area contributed by atoms with Crippen LogP contribution in [0.25, 0.3) is 0 Å². The van der Waals surface area contributed by atoms with Gasteiger partial charge >= 0.3 is 0 Å². The number of hydrogen-bond acceptors (Lipinski definition) is 4. The minimum absolute atomic E-state index is 0.0909. The van der Waals surface area contributed by atoms with Crippen molar-refractivity contribution in [2.24, 2.45) is 0 Å². The van der Waals surface area contributed by atoms with Gasteiger partial charge in [-0.25, -0.2) is 0 Å². The topological polar surface area (TPSA) is 70.4 Å². The van der Waals surface area contributed by atoms with E-state index in [-0.39, 0.29) is 12.5 Å². The molecule has 1 heterocycles. The second kappa shape index (κ2) is 9.54. The third-order valence-corrected chi connectivity index (χ3v) is 5.94. The molecule has 3 aromatic rings. The zero-order valence-corrected chi connectivity index (χ0v) is 18.3. The highest BCUT2D eigenvalue weighted by molar-refractivity contribution is 6.30. The molecule has 3 unspecified atom stereocenters. The molecule has 0 aliphatic carbocycles. The lowest BCUT2D eigenvalue weighted by atomic mass is 9.90. The number of carbonyl (C=O) groups excluding carboxylic acids is 2. The smallest absolute Gasteiger partial charge is 0.257 e. The van der Waals surface area contributed by atoms with Crippen molar-refractivity contribution in [2.75, 3.05) is 6.54 Å². The molecule has 1 saturated heterocycles. The van der Waals surface area contributed by atoms with E-state index in [0.29, 0.717) is 27.5 Å².